The Hall–Kier alpha value is -3.61. The first-order chi connectivity index (χ1) is 13.6. The zero-order valence-electron chi connectivity index (χ0n) is 15.3. The van der Waals surface area contributed by atoms with Crippen molar-refractivity contribution in [2.24, 2.45) is 0 Å². The number of rotatable bonds is 7. The fourth-order valence-corrected chi connectivity index (χ4v) is 2.58. The van der Waals surface area contributed by atoms with Crippen LogP contribution in [0, 0.1) is 5.82 Å². The van der Waals surface area contributed by atoms with Crippen molar-refractivity contribution in [1.29, 1.82) is 0 Å². The van der Waals surface area contributed by atoms with Crippen LogP contribution in [0.25, 0.3) is 0 Å². The fourth-order valence-electron chi connectivity index (χ4n) is 2.58. The Morgan fingerprint density at radius 1 is 1.14 bits per heavy atom. The van der Waals surface area contributed by atoms with Crippen LogP contribution in [-0.4, -0.2) is 18.0 Å². The van der Waals surface area contributed by atoms with Gasteiger partial charge in [-0.05, 0) is 35.9 Å². The Kier molecular flexibility index (Phi) is 6.06. The van der Waals surface area contributed by atoms with Crippen LogP contribution in [0.5, 0.6) is 11.5 Å². The quantitative estimate of drug-likeness (QED) is 0.656. The maximum Gasteiger partial charge on any atom is 0.255 e. The van der Waals surface area contributed by atoms with Gasteiger partial charge in [0.15, 0.2) is 11.6 Å². The molecule has 1 aromatic heterocycles. The lowest BCUT2D eigenvalue weighted by Gasteiger charge is -2.10. The molecule has 0 saturated carbocycles. The van der Waals surface area contributed by atoms with Gasteiger partial charge in [-0.3, -0.25) is 4.79 Å². The second-order valence-corrected chi connectivity index (χ2v) is 5.98. The molecule has 0 fully saturated rings. The Morgan fingerprint density at radius 2 is 1.93 bits per heavy atom. The normalized spacial score (nSPS) is 10.4. The van der Waals surface area contributed by atoms with Gasteiger partial charge in [-0.1, -0.05) is 24.3 Å². The van der Waals surface area contributed by atoms with E-state index in [1.165, 1.54) is 13.3 Å². The molecule has 0 aliphatic carbocycles. The van der Waals surface area contributed by atoms with Crippen molar-refractivity contribution in [3.8, 4) is 11.5 Å². The van der Waals surface area contributed by atoms with E-state index in [1.807, 2.05) is 12.1 Å². The number of carbonyl (C=O) groups excluding carboxylic acids is 1. The van der Waals surface area contributed by atoms with Crippen LogP contribution in [0.4, 0.5) is 10.2 Å². The molecular formula is C21H20FN3O3. The molecule has 0 aliphatic rings. The molecule has 2 aromatic carbocycles. The molecule has 1 amide bonds. The lowest BCUT2D eigenvalue weighted by Crippen LogP contribution is -2.24. The van der Waals surface area contributed by atoms with Crippen LogP contribution in [0.3, 0.4) is 0 Å². The van der Waals surface area contributed by atoms with Gasteiger partial charge in [0.2, 0.25) is 0 Å². The van der Waals surface area contributed by atoms with Crippen molar-refractivity contribution in [2.45, 2.75) is 13.2 Å². The van der Waals surface area contributed by atoms with E-state index < -0.39 is 5.82 Å². The topological polar surface area (TPSA) is 86.5 Å². The second kappa shape index (κ2) is 8.85. The van der Waals surface area contributed by atoms with E-state index in [0.29, 0.717) is 23.4 Å². The highest BCUT2D eigenvalue weighted by Crippen LogP contribution is 2.22. The van der Waals surface area contributed by atoms with Crippen LogP contribution < -0.4 is 20.5 Å². The standard InChI is InChI=1S/C21H20FN3O3/c1-27-18-6-2-4-15(19(18)22)13-28-16-9-7-14(8-10-16)12-25-21(26)17-5-3-11-24-20(17)23/h2-11H,12-13H2,1H3,(H2,23,24)(H,25,26). The van der Waals surface area contributed by atoms with Gasteiger partial charge in [0.25, 0.3) is 5.91 Å². The maximum atomic E-state index is 14.1. The third kappa shape index (κ3) is 4.56. The van der Waals surface area contributed by atoms with E-state index in [0.717, 1.165) is 5.56 Å². The monoisotopic (exact) mass is 381 g/mol. The molecule has 0 aliphatic heterocycles. The molecule has 0 unspecified atom stereocenters. The van der Waals surface area contributed by atoms with Gasteiger partial charge in [0.05, 0.1) is 12.7 Å². The van der Waals surface area contributed by atoms with E-state index in [2.05, 4.69) is 10.3 Å². The van der Waals surface area contributed by atoms with Gasteiger partial charge in [-0.25, -0.2) is 9.37 Å². The smallest absolute Gasteiger partial charge is 0.255 e. The van der Waals surface area contributed by atoms with Crippen LogP contribution in [0.15, 0.2) is 60.8 Å². The number of nitrogens with zero attached hydrogens (tertiary/aromatic N) is 1. The van der Waals surface area contributed by atoms with E-state index >= 15 is 0 Å². The zero-order chi connectivity index (χ0) is 19.9. The number of amides is 1. The lowest BCUT2D eigenvalue weighted by atomic mass is 10.2. The Labute approximate surface area is 162 Å². The molecular weight excluding hydrogens is 361 g/mol. The van der Waals surface area contributed by atoms with Crippen LogP contribution >= 0.6 is 0 Å². The number of halogens is 1. The second-order valence-electron chi connectivity index (χ2n) is 5.98. The minimum atomic E-state index is -0.431. The Bertz CT molecular complexity index is 961. The van der Waals surface area contributed by atoms with Gasteiger partial charge in [-0.15, -0.1) is 0 Å². The third-order valence-electron chi connectivity index (χ3n) is 4.12. The van der Waals surface area contributed by atoms with Crippen molar-refractivity contribution in [3.63, 3.8) is 0 Å². The van der Waals surface area contributed by atoms with Gasteiger partial charge in [-0.2, -0.15) is 0 Å². The zero-order valence-corrected chi connectivity index (χ0v) is 15.3. The number of pyridine rings is 1. The number of benzene rings is 2. The number of nitrogens with two attached hydrogens (primary N) is 1. The number of nitrogens with one attached hydrogen (secondary N) is 1. The number of nitrogen functional groups attached to an aromatic ring is 1. The largest absolute Gasteiger partial charge is 0.494 e. The summed E-state index contributed by atoms with van der Waals surface area (Å²) < 4.78 is 24.7. The maximum absolute atomic E-state index is 14.1. The average Bonchev–Trinajstić information content (AvgIpc) is 2.72. The molecule has 144 valence electrons. The summed E-state index contributed by atoms with van der Waals surface area (Å²) >= 11 is 0. The summed E-state index contributed by atoms with van der Waals surface area (Å²) in [6.07, 6.45) is 1.53. The molecule has 3 rings (SSSR count). The highest BCUT2D eigenvalue weighted by molar-refractivity contribution is 5.98. The first kappa shape index (κ1) is 19.2. The number of ether oxygens (including phenoxy) is 2. The lowest BCUT2D eigenvalue weighted by molar-refractivity contribution is 0.0951. The number of methoxy groups -OCH3 is 1. The summed E-state index contributed by atoms with van der Waals surface area (Å²) in [5.74, 6) is 0.238. The summed E-state index contributed by atoms with van der Waals surface area (Å²) in [7, 11) is 1.42. The van der Waals surface area contributed by atoms with Crippen molar-refractivity contribution >= 4 is 11.7 Å². The number of hydrogen-bond acceptors (Lipinski definition) is 5. The summed E-state index contributed by atoms with van der Waals surface area (Å²) in [4.78, 5) is 16.0. The van der Waals surface area contributed by atoms with Gasteiger partial charge in [0, 0.05) is 18.3 Å². The molecule has 3 aromatic rings. The molecule has 3 N–H and O–H groups in total. The minimum absolute atomic E-state index is 0.0827. The summed E-state index contributed by atoms with van der Waals surface area (Å²) in [6, 6.07) is 15.4. The van der Waals surface area contributed by atoms with Gasteiger partial charge < -0.3 is 20.5 Å². The molecule has 7 heteroatoms. The predicted octanol–water partition coefficient (Wildman–Crippen LogP) is 3.32. The highest BCUT2D eigenvalue weighted by atomic mass is 19.1. The molecule has 0 radical (unpaired) electrons. The molecule has 0 atom stereocenters. The van der Waals surface area contributed by atoms with E-state index in [9.17, 15) is 9.18 Å². The van der Waals surface area contributed by atoms with Crippen LogP contribution in [0.1, 0.15) is 21.5 Å². The van der Waals surface area contributed by atoms with E-state index in [-0.39, 0.29) is 24.1 Å². The summed E-state index contributed by atoms with van der Waals surface area (Å²) in [5.41, 5.74) is 7.33. The van der Waals surface area contributed by atoms with Crippen LogP contribution in [0.2, 0.25) is 0 Å². The SMILES string of the molecule is COc1cccc(COc2ccc(CNC(=O)c3cccnc3N)cc2)c1F. The first-order valence-corrected chi connectivity index (χ1v) is 8.60. The minimum Gasteiger partial charge on any atom is -0.494 e. The molecule has 0 saturated heterocycles. The van der Waals surface area contributed by atoms with Crippen molar-refractivity contribution in [3.05, 3.63) is 83.3 Å². The molecule has 28 heavy (non-hydrogen) atoms. The molecule has 6 nitrogen and oxygen atoms in total. The highest BCUT2D eigenvalue weighted by Gasteiger charge is 2.10. The summed E-state index contributed by atoms with van der Waals surface area (Å²) in [5, 5.41) is 2.79. The fraction of sp³-hybridized carbons (Fsp3) is 0.143. The van der Waals surface area contributed by atoms with E-state index in [1.54, 1.807) is 42.5 Å². The van der Waals surface area contributed by atoms with Gasteiger partial charge >= 0.3 is 0 Å². The number of aromatic nitrogens is 1. The molecule has 0 spiro atoms. The summed E-state index contributed by atoms with van der Waals surface area (Å²) in [6.45, 7) is 0.414. The average molecular weight is 381 g/mol. The van der Waals surface area contributed by atoms with Crippen LogP contribution in [-0.2, 0) is 13.2 Å². The Balaban J connectivity index is 1.55. The molecule has 1 heterocycles. The van der Waals surface area contributed by atoms with Gasteiger partial charge in [0.1, 0.15) is 18.2 Å². The number of hydrogen-bond donors (Lipinski definition) is 2. The van der Waals surface area contributed by atoms with Crippen molar-refractivity contribution in [2.75, 3.05) is 12.8 Å². The van der Waals surface area contributed by atoms with E-state index in [4.69, 9.17) is 15.2 Å². The predicted molar refractivity (Wildman–Crippen MR) is 104 cm³/mol. The Morgan fingerprint density at radius 3 is 2.64 bits per heavy atom. The number of carbonyl (C=O) groups is 1. The number of anilines is 1. The first-order valence-electron chi connectivity index (χ1n) is 8.60. The third-order valence-corrected chi connectivity index (χ3v) is 4.12. The van der Waals surface area contributed by atoms with Crippen molar-refractivity contribution < 1.29 is 18.7 Å². The van der Waals surface area contributed by atoms with Crippen molar-refractivity contribution in [1.82, 2.24) is 10.3 Å². The molecule has 0 bridgehead atoms.